The van der Waals surface area contributed by atoms with Gasteiger partial charge in [0, 0.05) is 14.0 Å². The van der Waals surface area contributed by atoms with E-state index in [1.807, 2.05) is 6.92 Å². The van der Waals surface area contributed by atoms with E-state index in [1.54, 1.807) is 6.07 Å². The zero-order valence-corrected chi connectivity index (χ0v) is 15.4. The topological polar surface area (TPSA) is 46.2 Å². The zero-order valence-electron chi connectivity index (χ0n) is 10.6. The third-order valence-corrected chi connectivity index (χ3v) is 6.09. The molecule has 0 heterocycles. The molecule has 0 fully saturated rings. The van der Waals surface area contributed by atoms with Gasteiger partial charge in [0.05, 0.1) is 5.69 Å². The van der Waals surface area contributed by atoms with Crippen molar-refractivity contribution in [1.29, 1.82) is 0 Å². The predicted molar refractivity (Wildman–Crippen MR) is 88.8 cm³/mol. The van der Waals surface area contributed by atoms with Gasteiger partial charge in [0.2, 0.25) is 0 Å². The minimum Gasteiger partial charge on any atom is -0.277 e. The van der Waals surface area contributed by atoms with Crippen molar-refractivity contribution < 1.29 is 12.8 Å². The van der Waals surface area contributed by atoms with Crippen LogP contribution in [0, 0.1) is 12.7 Å². The fourth-order valence-electron chi connectivity index (χ4n) is 1.61. The molecule has 0 spiro atoms. The number of sulfonamides is 1. The zero-order chi connectivity index (χ0) is 15.8. The summed E-state index contributed by atoms with van der Waals surface area (Å²) in [7, 11) is -3.93. The third-order valence-electron chi connectivity index (χ3n) is 2.68. The fourth-order valence-corrected chi connectivity index (χ4v) is 4.51. The SMILES string of the molecule is Cc1cc(Br)c(S(=O)(=O)Nc2ccc(Cl)cc2F)cc1Br. The predicted octanol–water partition coefficient (Wildman–Crippen LogP) is 5.11. The van der Waals surface area contributed by atoms with E-state index in [2.05, 4.69) is 36.6 Å². The molecular weight excluding hydrogens is 448 g/mol. The lowest BCUT2D eigenvalue weighted by Gasteiger charge is -2.12. The highest BCUT2D eigenvalue weighted by Crippen LogP contribution is 2.30. The van der Waals surface area contributed by atoms with E-state index in [4.69, 9.17) is 11.6 Å². The Hall–Kier alpha value is -0.630. The van der Waals surface area contributed by atoms with Crippen LogP contribution in [0.1, 0.15) is 5.56 Å². The van der Waals surface area contributed by atoms with Crippen LogP contribution in [0.3, 0.4) is 0 Å². The number of nitrogens with one attached hydrogen (secondary N) is 1. The molecule has 3 nitrogen and oxygen atoms in total. The molecule has 0 atom stereocenters. The maximum absolute atomic E-state index is 13.7. The first-order chi connectivity index (χ1) is 9.70. The summed E-state index contributed by atoms with van der Waals surface area (Å²) in [5.41, 5.74) is 0.710. The second kappa shape index (κ2) is 6.24. The van der Waals surface area contributed by atoms with Gasteiger partial charge in [-0.3, -0.25) is 4.72 Å². The lowest BCUT2D eigenvalue weighted by atomic mass is 10.2. The van der Waals surface area contributed by atoms with Crippen LogP contribution >= 0.6 is 43.5 Å². The van der Waals surface area contributed by atoms with Crippen LogP contribution in [-0.2, 0) is 10.0 Å². The number of halogens is 4. The maximum Gasteiger partial charge on any atom is 0.263 e. The molecule has 0 aliphatic rings. The Bertz CT molecular complexity index is 812. The van der Waals surface area contributed by atoms with E-state index in [0.29, 0.717) is 8.95 Å². The highest BCUT2D eigenvalue weighted by atomic mass is 79.9. The third kappa shape index (κ3) is 3.77. The van der Waals surface area contributed by atoms with Crippen molar-refractivity contribution in [3.8, 4) is 0 Å². The molecule has 112 valence electrons. The summed E-state index contributed by atoms with van der Waals surface area (Å²) in [6.45, 7) is 1.83. The summed E-state index contributed by atoms with van der Waals surface area (Å²) in [5, 5.41) is 0.190. The first-order valence-corrected chi connectivity index (χ1v) is 9.09. The summed E-state index contributed by atoms with van der Waals surface area (Å²) < 4.78 is 41.7. The lowest BCUT2D eigenvalue weighted by Crippen LogP contribution is -2.14. The van der Waals surface area contributed by atoms with Crippen LogP contribution in [-0.4, -0.2) is 8.42 Å². The second-order valence-electron chi connectivity index (χ2n) is 4.26. The van der Waals surface area contributed by atoms with Gasteiger partial charge in [0.25, 0.3) is 10.0 Å². The van der Waals surface area contributed by atoms with Crippen LogP contribution in [0.2, 0.25) is 5.02 Å². The Kier molecular flexibility index (Phi) is 4.97. The molecule has 0 aliphatic heterocycles. The summed E-state index contributed by atoms with van der Waals surface area (Å²) in [6.07, 6.45) is 0. The Morgan fingerprint density at radius 1 is 1.14 bits per heavy atom. The Morgan fingerprint density at radius 3 is 2.43 bits per heavy atom. The normalized spacial score (nSPS) is 11.5. The number of benzene rings is 2. The molecule has 0 unspecified atom stereocenters. The number of aryl methyl sites for hydroxylation is 1. The van der Waals surface area contributed by atoms with E-state index in [1.165, 1.54) is 18.2 Å². The monoisotopic (exact) mass is 455 g/mol. The number of hydrogen-bond donors (Lipinski definition) is 1. The first kappa shape index (κ1) is 16.7. The molecule has 21 heavy (non-hydrogen) atoms. The van der Waals surface area contributed by atoms with Crippen LogP contribution in [0.5, 0.6) is 0 Å². The average Bonchev–Trinajstić information content (AvgIpc) is 2.37. The molecule has 0 saturated heterocycles. The highest BCUT2D eigenvalue weighted by molar-refractivity contribution is 9.11. The Morgan fingerprint density at radius 2 is 1.81 bits per heavy atom. The molecule has 0 aliphatic carbocycles. The van der Waals surface area contributed by atoms with Crippen LogP contribution in [0.15, 0.2) is 44.2 Å². The standard InChI is InChI=1S/C13H9Br2ClFNO2S/c1-7-4-10(15)13(6-9(7)14)21(19,20)18-12-3-2-8(16)5-11(12)17/h2-6,18H,1H3. The van der Waals surface area contributed by atoms with Crippen LogP contribution in [0.4, 0.5) is 10.1 Å². The second-order valence-corrected chi connectivity index (χ2v) is 8.06. The lowest BCUT2D eigenvalue weighted by molar-refractivity contribution is 0.598. The molecule has 8 heteroatoms. The van der Waals surface area contributed by atoms with Gasteiger partial charge in [0.1, 0.15) is 10.7 Å². The quantitative estimate of drug-likeness (QED) is 0.696. The summed E-state index contributed by atoms with van der Waals surface area (Å²) in [4.78, 5) is 0.00863. The number of rotatable bonds is 3. The van der Waals surface area contributed by atoms with E-state index >= 15 is 0 Å². The Balaban J connectivity index is 2.46. The smallest absolute Gasteiger partial charge is 0.263 e. The molecule has 0 radical (unpaired) electrons. The first-order valence-electron chi connectivity index (χ1n) is 5.64. The molecule has 0 amide bonds. The minimum atomic E-state index is -3.93. The summed E-state index contributed by atoms with van der Waals surface area (Å²) >= 11 is 12.1. The van der Waals surface area contributed by atoms with Gasteiger partial charge in [-0.15, -0.1) is 0 Å². The Labute approximate surface area is 143 Å². The largest absolute Gasteiger partial charge is 0.277 e. The van der Waals surface area contributed by atoms with Crippen molar-refractivity contribution in [3.63, 3.8) is 0 Å². The van der Waals surface area contributed by atoms with Crippen LogP contribution in [0.25, 0.3) is 0 Å². The van der Waals surface area contributed by atoms with Crippen LogP contribution < -0.4 is 4.72 Å². The molecule has 2 aromatic rings. The highest BCUT2D eigenvalue weighted by Gasteiger charge is 2.20. The molecule has 2 aromatic carbocycles. The molecule has 2 rings (SSSR count). The van der Waals surface area contributed by atoms with Gasteiger partial charge in [-0.1, -0.05) is 27.5 Å². The van der Waals surface area contributed by atoms with Gasteiger partial charge < -0.3 is 0 Å². The summed E-state index contributed by atoms with van der Waals surface area (Å²) in [6, 6.07) is 6.83. The van der Waals surface area contributed by atoms with Gasteiger partial charge >= 0.3 is 0 Å². The average molecular weight is 458 g/mol. The van der Waals surface area contributed by atoms with Gasteiger partial charge in [-0.25, -0.2) is 12.8 Å². The molecule has 0 bridgehead atoms. The van der Waals surface area contributed by atoms with E-state index in [9.17, 15) is 12.8 Å². The van der Waals surface area contributed by atoms with Gasteiger partial charge in [-0.2, -0.15) is 0 Å². The number of anilines is 1. The fraction of sp³-hybridized carbons (Fsp3) is 0.0769. The molecular formula is C13H9Br2ClFNO2S. The van der Waals surface area contributed by atoms with Gasteiger partial charge in [0.15, 0.2) is 0 Å². The van der Waals surface area contributed by atoms with Crippen molar-refractivity contribution in [2.24, 2.45) is 0 Å². The van der Waals surface area contributed by atoms with E-state index in [-0.39, 0.29) is 15.6 Å². The van der Waals surface area contributed by atoms with E-state index < -0.39 is 15.8 Å². The molecule has 0 aromatic heterocycles. The molecule has 0 saturated carbocycles. The maximum atomic E-state index is 13.7. The van der Waals surface area contributed by atoms with Crippen molar-refractivity contribution >= 4 is 59.2 Å². The van der Waals surface area contributed by atoms with Crippen molar-refractivity contribution in [1.82, 2.24) is 0 Å². The van der Waals surface area contributed by atoms with Crippen molar-refractivity contribution in [2.45, 2.75) is 11.8 Å². The number of hydrogen-bond acceptors (Lipinski definition) is 2. The van der Waals surface area contributed by atoms with Gasteiger partial charge in [-0.05, 0) is 58.7 Å². The van der Waals surface area contributed by atoms with Crippen molar-refractivity contribution in [2.75, 3.05) is 4.72 Å². The minimum absolute atomic E-state index is 0.00863. The summed E-state index contributed by atoms with van der Waals surface area (Å²) in [5.74, 6) is -0.742. The molecule has 1 N–H and O–H groups in total. The van der Waals surface area contributed by atoms with E-state index in [0.717, 1.165) is 11.6 Å². The van der Waals surface area contributed by atoms with Crippen molar-refractivity contribution in [3.05, 3.63) is 55.7 Å².